The molecule has 2 fully saturated rings. The number of carbonyl (C=O) groups excluding carboxylic acids is 1. The zero-order valence-corrected chi connectivity index (χ0v) is 16.7. The van der Waals surface area contributed by atoms with Crippen LogP contribution in [0.25, 0.3) is 0 Å². The minimum absolute atomic E-state index is 0. The summed E-state index contributed by atoms with van der Waals surface area (Å²) in [6, 6.07) is 7.04. The van der Waals surface area contributed by atoms with Crippen LogP contribution in [0.5, 0.6) is 0 Å². The average Bonchev–Trinajstić information content (AvgIpc) is 2.63. The first kappa shape index (κ1) is 21.2. The lowest BCUT2D eigenvalue weighted by Gasteiger charge is -2.33. The number of nitrogens with zero attached hydrogens (tertiary/aromatic N) is 1. The van der Waals surface area contributed by atoms with Crippen molar-refractivity contribution in [3.05, 3.63) is 29.8 Å². The van der Waals surface area contributed by atoms with Gasteiger partial charge in [0.2, 0.25) is 15.9 Å². The lowest BCUT2D eigenvalue weighted by molar-refractivity contribution is -0.126. The number of nitrogens with one attached hydrogen (secondary N) is 2. The first-order valence-corrected chi connectivity index (χ1v) is 10.5. The SMILES string of the molecule is Cc1ccc(S(=O)(=O)N2CCCC(C(=O)NC3CCCNC3)C2)cc1.Cl. The molecule has 2 aliphatic heterocycles. The van der Waals surface area contributed by atoms with Crippen molar-refractivity contribution in [2.24, 2.45) is 5.92 Å². The van der Waals surface area contributed by atoms with Gasteiger partial charge in [-0.3, -0.25) is 4.79 Å². The quantitative estimate of drug-likeness (QED) is 0.804. The monoisotopic (exact) mass is 401 g/mol. The van der Waals surface area contributed by atoms with Crippen molar-refractivity contribution in [3.8, 4) is 0 Å². The molecule has 26 heavy (non-hydrogen) atoms. The first-order valence-electron chi connectivity index (χ1n) is 9.05. The summed E-state index contributed by atoms with van der Waals surface area (Å²) in [6.45, 7) is 4.47. The van der Waals surface area contributed by atoms with E-state index < -0.39 is 10.0 Å². The Morgan fingerprint density at radius 1 is 1.19 bits per heavy atom. The number of hydrogen-bond donors (Lipinski definition) is 2. The number of hydrogen-bond acceptors (Lipinski definition) is 4. The highest BCUT2D eigenvalue weighted by molar-refractivity contribution is 7.89. The molecule has 0 spiro atoms. The third kappa shape index (κ3) is 4.97. The number of amides is 1. The van der Waals surface area contributed by atoms with E-state index in [1.54, 1.807) is 24.3 Å². The van der Waals surface area contributed by atoms with Crippen LogP contribution in [0.1, 0.15) is 31.2 Å². The van der Waals surface area contributed by atoms with E-state index >= 15 is 0 Å². The summed E-state index contributed by atoms with van der Waals surface area (Å²) >= 11 is 0. The summed E-state index contributed by atoms with van der Waals surface area (Å²) in [5.74, 6) is -0.284. The molecule has 3 rings (SSSR count). The third-order valence-electron chi connectivity index (χ3n) is 5.06. The number of sulfonamides is 1. The molecule has 2 aliphatic rings. The van der Waals surface area contributed by atoms with Gasteiger partial charge in [0, 0.05) is 25.7 Å². The largest absolute Gasteiger partial charge is 0.352 e. The third-order valence-corrected chi connectivity index (χ3v) is 6.94. The van der Waals surface area contributed by atoms with Crippen molar-refractivity contribution < 1.29 is 13.2 Å². The van der Waals surface area contributed by atoms with Crippen molar-refractivity contribution in [2.75, 3.05) is 26.2 Å². The lowest BCUT2D eigenvalue weighted by atomic mass is 9.97. The van der Waals surface area contributed by atoms with Gasteiger partial charge < -0.3 is 10.6 Å². The summed E-state index contributed by atoms with van der Waals surface area (Å²) in [6.07, 6.45) is 3.50. The summed E-state index contributed by atoms with van der Waals surface area (Å²) in [4.78, 5) is 12.9. The maximum absolute atomic E-state index is 12.8. The second-order valence-corrected chi connectivity index (χ2v) is 9.01. The van der Waals surface area contributed by atoms with Crippen LogP contribution >= 0.6 is 12.4 Å². The van der Waals surface area contributed by atoms with E-state index in [1.807, 2.05) is 6.92 Å². The Balaban J connectivity index is 0.00000243. The van der Waals surface area contributed by atoms with Gasteiger partial charge in [-0.25, -0.2) is 8.42 Å². The number of piperidine rings is 2. The van der Waals surface area contributed by atoms with Gasteiger partial charge in [0.25, 0.3) is 0 Å². The smallest absolute Gasteiger partial charge is 0.243 e. The summed E-state index contributed by atoms with van der Waals surface area (Å²) in [5.41, 5.74) is 1.02. The molecule has 0 radical (unpaired) electrons. The fraction of sp³-hybridized carbons (Fsp3) is 0.611. The van der Waals surface area contributed by atoms with E-state index in [0.29, 0.717) is 17.9 Å². The zero-order chi connectivity index (χ0) is 17.9. The molecule has 0 aliphatic carbocycles. The van der Waals surface area contributed by atoms with Crippen molar-refractivity contribution in [1.29, 1.82) is 0 Å². The van der Waals surface area contributed by atoms with Crippen LogP contribution in [0.15, 0.2) is 29.2 Å². The standard InChI is InChI=1S/C18H27N3O3S.ClH/c1-14-6-8-17(9-7-14)25(23,24)21-11-3-4-15(13-21)18(22)20-16-5-2-10-19-12-16;/h6-9,15-16,19H,2-5,10-13H2,1H3,(H,20,22);1H. The Hall–Kier alpha value is -1.15. The van der Waals surface area contributed by atoms with Crippen LogP contribution in [-0.2, 0) is 14.8 Å². The molecule has 0 aromatic heterocycles. The van der Waals surface area contributed by atoms with Crippen LogP contribution in [0.2, 0.25) is 0 Å². The van der Waals surface area contributed by atoms with Crippen LogP contribution in [0.4, 0.5) is 0 Å². The molecule has 1 aromatic carbocycles. The summed E-state index contributed by atoms with van der Waals surface area (Å²) in [5, 5.41) is 6.37. The Kier molecular flexibility index (Phi) is 7.46. The predicted molar refractivity (Wildman–Crippen MR) is 104 cm³/mol. The Labute approximate surface area is 162 Å². The highest BCUT2D eigenvalue weighted by Gasteiger charge is 2.34. The van der Waals surface area contributed by atoms with E-state index in [2.05, 4.69) is 10.6 Å². The lowest BCUT2D eigenvalue weighted by Crippen LogP contribution is -2.51. The van der Waals surface area contributed by atoms with Gasteiger partial charge in [-0.2, -0.15) is 4.31 Å². The van der Waals surface area contributed by atoms with Crippen molar-refractivity contribution in [2.45, 2.75) is 43.5 Å². The fourth-order valence-corrected chi connectivity index (χ4v) is 5.05. The van der Waals surface area contributed by atoms with Gasteiger partial charge in [-0.05, 0) is 51.3 Å². The summed E-state index contributed by atoms with van der Waals surface area (Å²) in [7, 11) is -3.54. The molecular weight excluding hydrogens is 374 g/mol. The van der Waals surface area contributed by atoms with Crippen LogP contribution in [-0.4, -0.2) is 50.9 Å². The first-order chi connectivity index (χ1) is 12.0. The number of halogens is 1. The molecule has 1 aromatic rings. The van der Waals surface area contributed by atoms with Crippen LogP contribution < -0.4 is 10.6 Å². The topological polar surface area (TPSA) is 78.5 Å². The minimum Gasteiger partial charge on any atom is -0.352 e. The zero-order valence-electron chi connectivity index (χ0n) is 15.1. The minimum atomic E-state index is -3.54. The Bertz CT molecular complexity index is 703. The highest BCUT2D eigenvalue weighted by Crippen LogP contribution is 2.24. The molecule has 2 N–H and O–H groups in total. The molecule has 8 heteroatoms. The molecule has 146 valence electrons. The molecule has 1 amide bonds. The van der Waals surface area contributed by atoms with Gasteiger partial charge in [0.15, 0.2) is 0 Å². The molecule has 2 unspecified atom stereocenters. The van der Waals surface area contributed by atoms with E-state index in [-0.39, 0.29) is 36.8 Å². The maximum atomic E-state index is 12.8. The molecular formula is C18H28ClN3O3S. The molecule has 0 bridgehead atoms. The second kappa shape index (κ2) is 9.17. The number of rotatable bonds is 4. The summed E-state index contributed by atoms with van der Waals surface area (Å²) < 4.78 is 27.1. The Morgan fingerprint density at radius 3 is 2.58 bits per heavy atom. The molecule has 2 atom stereocenters. The highest BCUT2D eigenvalue weighted by atomic mass is 35.5. The molecule has 0 saturated carbocycles. The van der Waals surface area contributed by atoms with Crippen LogP contribution in [0.3, 0.4) is 0 Å². The van der Waals surface area contributed by atoms with Gasteiger partial charge in [0.1, 0.15) is 0 Å². The number of carbonyl (C=O) groups is 1. The van der Waals surface area contributed by atoms with Gasteiger partial charge >= 0.3 is 0 Å². The second-order valence-electron chi connectivity index (χ2n) is 7.07. The van der Waals surface area contributed by atoms with Gasteiger partial charge in [-0.1, -0.05) is 17.7 Å². The van der Waals surface area contributed by atoms with Gasteiger partial charge in [0.05, 0.1) is 10.8 Å². The maximum Gasteiger partial charge on any atom is 0.243 e. The number of benzene rings is 1. The number of aryl methyl sites for hydroxylation is 1. The molecule has 2 heterocycles. The normalized spacial score (nSPS) is 24.5. The predicted octanol–water partition coefficient (Wildman–Crippen LogP) is 1.69. The van der Waals surface area contributed by atoms with Crippen LogP contribution in [0, 0.1) is 12.8 Å². The van der Waals surface area contributed by atoms with Crippen molar-refractivity contribution in [1.82, 2.24) is 14.9 Å². The van der Waals surface area contributed by atoms with E-state index in [0.717, 1.165) is 37.9 Å². The van der Waals surface area contributed by atoms with Crippen molar-refractivity contribution in [3.63, 3.8) is 0 Å². The molecule has 2 saturated heterocycles. The molecule has 6 nitrogen and oxygen atoms in total. The van der Waals surface area contributed by atoms with E-state index in [9.17, 15) is 13.2 Å². The van der Waals surface area contributed by atoms with E-state index in [4.69, 9.17) is 0 Å². The Morgan fingerprint density at radius 2 is 1.92 bits per heavy atom. The fourth-order valence-electron chi connectivity index (χ4n) is 3.53. The van der Waals surface area contributed by atoms with E-state index in [1.165, 1.54) is 4.31 Å². The van der Waals surface area contributed by atoms with Gasteiger partial charge in [-0.15, -0.1) is 12.4 Å². The van der Waals surface area contributed by atoms with Crippen molar-refractivity contribution >= 4 is 28.3 Å². The average molecular weight is 402 g/mol.